The van der Waals surface area contributed by atoms with Gasteiger partial charge in [0.15, 0.2) is 0 Å². The average Bonchev–Trinajstić information content (AvgIpc) is 3.07. The number of nitrogens with one attached hydrogen (secondary N) is 1. The lowest BCUT2D eigenvalue weighted by Crippen LogP contribution is -2.19. The van der Waals surface area contributed by atoms with Crippen LogP contribution in [0.4, 0.5) is 0 Å². The molecule has 0 atom stereocenters. The van der Waals surface area contributed by atoms with Crippen LogP contribution in [-0.4, -0.2) is 18.2 Å². The van der Waals surface area contributed by atoms with Crippen molar-refractivity contribution in [2.75, 3.05) is 6.61 Å². The van der Waals surface area contributed by atoms with E-state index in [0.29, 0.717) is 29.6 Å². The van der Waals surface area contributed by atoms with Gasteiger partial charge in [0, 0.05) is 5.56 Å². The minimum Gasteiger partial charge on any atom is -0.494 e. The van der Waals surface area contributed by atoms with Gasteiger partial charge in [0.05, 0.1) is 12.9 Å². The van der Waals surface area contributed by atoms with Gasteiger partial charge in [-0.25, -0.2) is 5.43 Å². The van der Waals surface area contributed by atoms with Crippen LogP contribution >= 0.6 is 0 Å². The number of rotatable bonds is 7. The van der Waals surface area contributed by atoms with Gasteiger partial charge in [0.25, 0.3) is 5.91 Å². The number of amides is 1. The summed E-state index contributed by atoms with van der Waals surface area (Å²) in [5, 5.41) is 4.03. The molecular weight excluding hydrogens is 292 g/mol. The molecule has 0 fully saturated rings. The molecule has 2 rings (SSSR count). The fourth-order valence-electron chi connectivity index (χ4n) is 1.85. The quantitative estimate of drug-likeness (QED) is 0.623. The average molecular weight is 314 g/mol. The topological polar surface area (TPSA) is 63.8 Å². The van der Waals surface area contributed by atoms with Crippen molar-refractivity contribution in [1.82, 2.24) is 5.43 Å². The van der Waals surface area contributed by atoms with E-state index in [2.05, 4.69) is 24.4 Å². The Morgan fingerprint density at radius 3 is 2.61 bits per heavy atom. The molecule has 0 saturated carbocycles. The van der Waals surface area contributed by atoms with Crippen molar-refractivity contribution in [3.8, 4) is 5.75 Å². The predicted molar refractivity (Wildman–Crippen MR) is 89.8 cm³/mol. The number of hydrazone groups is 1. The molecular formula is C18H22N2O3. The summed E-state index contributed by atoms with van der Waals surface area (Å²) in [6, 6.07) is 10.6. The maximum absolute atomic E-state index is 12.0. The Bertz CT molecular complexity index is 643. The third kappa shape index (κ3) is 5.29. The summed E-state index contributed by atoms with van der Waals surface area (Å²) < 4.78 is 10.8. The molecule has 0 bridgehead atoms. The number of carbonyl (C=O) groups excluding carboxylic acids is 1. The van der Waals surface area contributed by atoms with Crippen molar-refractivity contribution in [3.05, 3.63) is 54.0 Å². The fourth-order valence-corrected chi connectivity index (χ4v) is 1.85. The fraction of sp³-hybridized carbons (Fsp3) is 0.333. The van der Waals surface area contributed by atoms with Crippen LogP contribution in [0, 0.1) is 5.92 Å². The standard InChI is InChI=1S/C18H22N2O3/c1-13(2)10-12-22-16-8-6-15(7-9-16)18(21)20-19-14(3)17-5-4-11-23-17/h4-9,11,13H,10,12H2,1-3H3,(H,20,21). The first kappa shape index (κ1) is 16.8. The van der Waals surface area contributed by atoms with E-state index in [0.717, 1.165) is 12.2 Å². The molecule has 1 N–H and O–H groups in total. The van der Waals surface area contributed by atoms with Crippen molar-refractivity contribution in [1.29, 1.82) is 0 Å². The van der Waals surface area contributed by atoms with E-state index in [1.54, 1.807) is 49.6 Å². The first-order chi connectivity index (χ1) is 11.1. The minimum atomic E-state index is -0.273. The van der Waals surface area contributed by atoms with Gasteiger partial charge in [-0.05, 0) is 55.7 Å². The van der Waals surface area contributed by atoms with Crippen LogP contribution in [0.15, 0.2) is 52.2 Å². The molecule has 2 aromatic rings. The van der Waals surface area contributed by atoms with Crippen LogP contribution in [0.3, 0.4) is 0 Å². The lowest BCUT2D eigenvalue weighted by atomic mass is 10.1. The maximum Gasteiger partial charge on any atom is 0.271 e. The van der Waals surface area contributed by atoms with E-state index in [1.807, 2.05) is 0 Å². The highest BCUT2D eigenvalue weighted by molar-refractivity contribution is 5.99. The molecule has 5 nitrogen and oxygen atoms in total. The summed E-state index contributed by atoms with van der Waals surface area (Å²) in [6.07, 6.45) is 2.57. The van der Waals surface area contributed by atoms with Gasteiger partial charge >= 0.3 is 0 Å². The maximum atomic E-state index is 12.0. The minimum absolute atomic E-state index is 0.273. The van der Waals surface area contributed by atoms with Crippen LogP contribution < -0.4 is 10.2 Å². The number of hydrogen-bond acceptors (Lipinski definition) is 4. The SMILES string of the molecule is CC(=NNC(=O)c1ccc(OCCC(C)C)cc1)c1ccco1. The Morgan fingerprint density at radius 2 is 2.00 bits per heavy atom. The van der Waals surface area contributed by atoms with Gasteiger partial charge in [-0.15, -0.1) is 0 Å². The molecule has 1 heterocycles. The van der Waals surface area contributed by atoms with Gasteiger partial charge in [0.1, 0.15) is 17.2 Å². The first-order valence-electron chi connectivity index (χ1n) is 7.67. The molecule has 122 valence electrons. The van der Waals surface area contributed by atoms with Gasteiger partial charge in [-0.1, -0.05) is 13.8 Å². The van der Waals surface area contributed by atoms with Crippen LogP contribution in [0.1, 0.15) is 43.3 Å². The molecule has 0 aliphatic carbocycles. The Morgan fingerprint density at radius 1 is 1.26 bits per heavy atom. The second kappa shape index (κ2) is 8.17. The molecule has 23 heavy (non-hydrogen) atoms. The molecule has 0 spiro atoms. The van der Waals surface area contributed by atoms with Gasteiger partial charge < -0.3 is 9.15 Å². The Kier molecular flexibility index (Phi) is 5.97. The third-order valence-electron chi connectivity index (χ3n) is 3.28. The number of ether oxygens (including phenoxy) is 1. The first-order valence-corrected chi connectivity index (χ1v) is 7.67. The zero-order valence-corrected chi connectivity index (χ0v) is 13.7. The number of furan rings is 1. The number of hydrogen-bond donors (Lipinski definition) is 1. The highest BCUT2D eigenvalue weighted by Gasteiger charge is 2.06. The summed E-state index contributed by atoms with van der Waals surface area (Å²) in [5.74, 6) is 1.72. The number of nitrogens with zero attached hydrogens (tertiary/aromatic N) is 1. The largest absolute Gasteiger partial charge is 0.494 e. The lowest BCUT2D eigenvalue weighted by molar-refractivity contribution is 0.0955. The van der Waals surface area contributed by atoms with E-state index >= 15 is 0 Å². The second-order valence-electron chi connectivity index (χ2n) is 5.67. The van der Waals surface area contributed by atoms with Crippen molar-refractivity contribution >= 4 is 11.6 Å². The van der Waals surface area contributed by atoms with Gasteiger partial charge in [-0.2, -0.15) is 5.10 Å². The molecule has 1 amide bonds. The van der Waals surface area contributed by atoms with Gasteiger partial charge in [0.2, 0.25) is 0 Å². The lowest BCUT2D eigenvalue weighted by Gasteiger charge is -2.08. The van der Waals surface area contributed by atoms with Crippen LogP contribution in [0.25, 0.3) is 0 Å². The number of benzene rings is 1. The molecule has 0 aliphatic rings. The highest BCUT2D eigenvalue weighted by atomic mass is 16.5. The van der Waals surface area contributed by atoms with Gasteiger partial charge in [-0.3, -0.25) is 4.79 Å². The second-order valence-corrected chi connectivity index (χ2v) is 5.67. The van der Waals surface area contributed by atoms with E-state index in [9.17, 15) is 4.79 Å². The Labute approximate surface area is 136 Å². The Balaban J connectivity index is 1.89. The summed E-state index contributed by atoms with van der Waals surface area (Å²) in [4.78, 5) is 12.0. The summed E-state index contributed by atoms with van der Waals surface area (Å²) >= 11 is 0. The third-order valence-corrected chi connectivity index (χ3v) is 3.28. The predicted octanol–water partition coefficient (Wildman–Crippen LogP) is 3.86. The van der Waals surface area contributed by atoms with E-state index in [4.69, 9.17) is 9.15 Å². The molecule has 5 heteroatoms. The molecule has 0 saturated heterocycles. The smallest absolute Gasteiger partial charge is 0.271 e. The summed E-state index contributed by atoms with van der Waals surface area (Å²) in [5.41, 5.74) is 3.65. The molecule has 1 aromatic heterocycles. The number of carbonyl (C=O) groups is 1. The molecule has 0 aliphatic heterocycles. The zero-order chi connectivity index (χ0) is 16.7. The summed E-state index contributed by atoms with van der Waals surface area (Å²) in [6.45, 7) is 6.75. The van der Waals surface area contributed by atoms with Crippen molar-refractivity contribution in [2.45, 2.75) is 27.2 Å². The normalized spacial score (nSPS) is 11.6. The monoisotopic (exact) mass is 314 g/mol. The zero-order valence-electron chi connectivity index (χ0n) is 13.7. The molecule has 1 aromatic carbocycles. The Hall–Kier alpha value is -2.56. The van der Waals surface area contributed by atoms with Crippen LogP contribution in [-0.2, 0) is 0 Å². The summed E-state index contributed by atoms with van der Waals surface area (Å²) in [7, 11) is 0. The van der Waals surface area contributed by atoms with E-state index in [1.165, 1.54) is 0 Å². The molecule has 0 unspecified atom stereocenters. The highest BCUT2D eigenvalue weighted by Crippen LogP contribution is 2.13. The molecule has 0 radical (unpaired) electrons. The van der Waals surface area contributed by atoms with Crippen LogP contribution in [0.2, 0.25) is 0 Å². The van der Waals surface area contributed by atoms with Crippen molar-refractivity contribution < 1.29 is 13.9 Å². The van der Waals surface area contributed by atoms with Crippen LogP contribution in [0.5, 0.6) is 5.75 Å². The van der Waals surface area contributed by atoms with Crippen molar-refractivity contribution in [2.24, 2.45) is 11.0 Å². The van der Waals surface area contributed by atoms with E-state index in [-0.39, 0.29) is 5.91 Å². The van der Waals surface area contributed by atoms with Crippen molar-refractivity contribution in [3.63, 3.8) is 0 Å². The van der Waals surface area contributed by atoms with E-state index < -0.39 is 0 Å².